The Kier molecular flexibility index (Phi) is 5.13. The normalized spacial score (nSPS) is 11.8. The number of anilines is 1. The second kappa shape index (κ2) is 7.33. The van der Waals surface area contributed by atoms with Crippen LogP contribution in [0.4, 0.5) is 5.69 Å². The summed E-state index contributed by atoms with van der Waals surface area (Å²) in [5.74, 6) is 0. The van der Waals surface area contributed by atoms with E-state index in [-0.39, 0.29) is 4.90 Å². The molecule has 4 nitrogen and oxygen atoms in total. The predicted octanol–water partition coefficient (Wildman–Crippen LogP) is 4.41. The second-order valence-corrected chi connectivity index (χ2v) is 7.74. The molecule has 0 aliphatic rings. The molecule has 3 rings (SSSR count). The second-order valence-electron chi connectivity index (χ2n) is 5.77. The van der Waals surface area contributed by atoms with Crippen LogP contribution in [0.1, 0.15) is 11.1 Å². The van der Waals surface area contributed by atoms with Gasteiger partial charge in [-0.05, 0) is 47.0 Å². The van der Waals surface area contributed by atoms with Crippen LogP contribution in [0.15, 0.2) is 71.6 Å². The Morgan fingerprint density at radius 2 is 1.58 bits per heavy atom. The van der Waals surface area contributed by atoms with E-state index < -0.39 is 10.0 Å². The van der Waals surface area contributed by atoms with Crippen molar-refractivity contribution < 1.29 is 8.42 Å². The molecular weight excluding hydrogens is 368 g/mol. The number of halogens is 1. The molecule has 0 bridgehead atoms. The molecular formula is C20H17ClN2O2S. The van der Waals surface area contributed by atoms with Gasteiger partial charge >= 0.3 is 0 Å². The third-order valence-electron chi connectivity index (χ3n) is 3.93. The van der Waals surface area contributed by atoms with Gasteiger partial charge in [-0.1, -0.05) is 60.2 Å². The molecule has 132 valence electrons. The number of nitrogen functional groups attached to an aromatic ring is 1. The zero-order valence-corrected chi connectivity index (χ0v) is 15.3. The topological polar surface area (TPSA) is 86.2 Å². The Labute approximate surface area is 157 Å². The highest BCUT2D eigenvalue weighted by Crippen LogP contribution is 2.29. The summed E-state index contributed by atoms with van der Waals surface area (Å²) in [7, 11) is -3.72. The van der Waals surface area contributed by atoms with Crippen molar-refractivity contribution in [3.63, 3.8) is 0 Å². The van der Waals surface area contributed by atoms with E-state index >= 15 is 0 Å². The van der Waals surface area contributed by atoms with Crippen LogP contribution in [0.2, 0.25) is 5.02 Å². The monoisotopic (exact) mass is 384 g/mol. The van der Waals surface area contributed by atoms with Crippen molar-refractivity contribution in [1.82, 2.24) is 0 Å². The number of benzene rings is 3. The van der Waals surface area contributed by atoms with Crippen LogP contribution in [0, 0.1) is 0 Å². The van der Waals surface area contributed by atoms with Gasteiger partial charge in [-0.15, -0.1) is 0 Å². The van der Waals surface area contributed by atoms with Crippen LogP contribution in [-0.4, -0.2) is 8.42 Å². The Morgan fingerprint density at radius 1 is 0.885 bits per heavy atom. The van der Waals surface area contributed by atoms with Crippen LogP contribution in [-0.2, 0) is 10.0 Å². The molecule has 0 radical (unpaired) electrons. The van der Waals surface area contributed by atoms with E-state index in [9.17, 15) is 8.42 Å². The van der Waals surface area contributed by atoms with Crippen molar-refractivity contribution in [3.05, 3.63) is 82.9 Å². The van der Waals surface area contributed by atoms with Gasteiger partial charge in [0.25, 0.3) is 0 Å². The lowest BCUT2D eigenvalue weighted by atomic mass is 10.0. The van der Waals surface area contributed by atoms with Gasteiger partial charge in [-0.3, -0.25) is 0 Å². The first-order chi connectivity index (χ1) is 12.3. The van der Waals surface area contributed by atoms with Crippen LogP contribution < -0.4 is 10.9 Å². The lowest BCUT2D eigenvalue weighted by Crippen LogP contribution is -2.11. The Bertz CT molecular complexity index is 1080. The molecule has 0 aromatic heterocycles. The standard InChI is InChI=1S/C20H17ClN2O2S/c21-19-4-2-1-3-16(19)7-5-14-6-12-20(22)18(13-14)15-8-10-17(11-9-15)26(23,24)25/h1-13H,22H2,(H2,23,24,25)/b7-5+. The van der Waals surface area contributed by atoms with Crippen LogP contribution in [0.3, 0.4) is 0 Å². The van der Waals surface area contributed by atoms with E-state index in [2.05, 4.69) is 0 Å². The van der Waals surface area contributed by atoms with Gasteiger partial charge in [0.15, 0.2) is 0 Å². The van der Waals surface area contributed by atoms with E-state index in [0.29, 0.717) is 10.7 Å². The average Bonchev–Trinajstić information content (AvgIpc) is 2.61. The zero-order chi connectivity index (χ0) is 18.7. The molecule has 0 amide bonds. The van der Waals surface area contributed by atoms with Crippen molar-refractivity contribution in [1.29, 1.82) is 0 Å². The van der Waals surface area contributed by atoms with Crippen molar-refractivity contribution >= 4 is 39.5 Å². The molecule has 0 unspecified atom stereocenters. The number of rotatable bonds is 4. The Morgan fingerprint density at radius 3 is 2.23 bits per heavy atom. The quantitative estimate of drug-likeness (QED) is 0.516. The van der Waals surface area contributed by atoms with Crippen LogP contribution in [0.25, 0.3) is 23.3 Å². The average molecular weight is 385 g/mol. The van der Waals surface area contributed by atoms with E-state index in [1.165, 1.54) is 12.1 Å². The van der Waals surface area contributed by atoms with Crippen molar-refractivity contribution in [2.75, 3.05) is 5.73 Å². The Balaban J connectivity index is 1.94. The van der Waals surface area contributed by atoms with Crippen molar-refractivity contribution in [2.24, 2.45) is 5.14 Å². The Hall–Kier alpha value is -2.60. The molecule has 26 heavy (non-hydrogen) atoms. The maximum absolute atomic E-state index is 11.4. The fraction of sp³-hybridized carbons (Fsp3) is 0. The predicted molar refractivity (Wildman–Crippen MR) is 108 cm³/mol. The number of hydrogen-bond donors (Lipinski definition) is 2. The first kappa shape index (κ1) is 18.2. The third-order valence-corrected chi connectivity index (χ3v) is 5.21. The largest absolute Gasteiger partial charge is 0.398 e. The lowest BCUT2D eigenvalue weighted by Gasteiger charge is -2.08. The molecule has 0 aliphatic carbocycles. The van der Waals surface area contributed by atoms with Gasteiger partial charge in [0.05, 0.1) is 4.90 Å². The van der Waals surface area contributed by atoms with E-state index in [1.54, 1.807) is 12.1 Å². The molecule has 0 saturated heterocycles. The van der Waals surface area contributed by atoms with E-state index in [4.69, 9.17) is 22.5 Å². The summed E-state index contributed by atoms with van der Waals surface area (Å²) in [4.78, 5) is 0.0644. The molecule has 3 aromatic carbocycles. The lowest BCUT2D eigenvalue weighted by molar-refractivity contribution is 0.598. The number of hydrogen-bond acceptors (Lipinski definition) is 3. The van der Waals surface area contributed by atoms with Crippen LogP contribution >= 0.6 is 11.6 Å². The fourth-order valence-electron chi connectivity index (χ4n) is 2.55. The molecule has 0 spiro atoms. The summed E-state index contributed by atoms with van der Waals surface area (Å²) in [6, 6.07) is 19.5. The zero-order valence-electron chi connectivity index (χ0n) is 13.8. The molecule has 0 fully saturated rings. The summed E-state index contributed by atoms with van der Waals surface area (Å²) in [5, 5.41) is 5.81. The summed E-state index contributed by atoms with van der Waals surface area (Å²) >= 11 is 6.16. The van der Waals surface area contributed by atoms with E-state index in [0.717, 1.165) is 22.3 Å². The van der Waals surface area contributed by atoms with Gasteiger partial charge in [0, 0.05) is 16.3 Å². The SMILES string of the molecule is Nc1ccc(/C=C/c2ccccc2Cl)cc1-c1ccc(S(N)(=O)=O)cc1. The van der Waals surface area contributed by atoms with Crippen molar-refractivity contribution in [2.45, 2.75) is 4.90 Å². The summed E-state index contributed by atoms with van der Waals surface area (Å²) in [6.45, 7) is 0. The van der Waals surface area contributed by atoms with Gasteiger partial charge in [-0.2, -0.15) is 0 Å². The van der Waals surface area contributed by atoms with Gasteiger partial charge in [0.1, 0.15) is 0 Å². The maximum Gasteiger partial charge on any atom is 0.238 e. The number of nitrogens with two attached hydrogens (primary N) is 2. The maximum atomic E-state index is 11.4. The summed E-state index contributed by atoms with van der Waals surface area (Å²) in [6.07, 6.45) is 3.88. The van der Waals surface area contributed by atoms with Gasteiger partial charge < -0.3 is 5.73 Å². The molecule has 0 heterocycles. The van der Waals surface area contributed by atoms with Crippen LogP contribution in [0.5, 0.6) is 0 Å². The smallest absolute Gasteiger partial charge is 0.238 e. The minimum absolute atomic E-state index is 0.0644. The highest BCUT2D eigenvalue weighted by Gasteiger charge is 2.09. The first-order valence-corrected chi connectivity index (χ1v) is 9.72. The molecule has 6 heteroatoms. The highest BCUT2D eigenvalue weighted by molar-refractivity contribution is 7.89. The molecule has 0 saturated carbocycles. The van der Waals surface area contributed by atoms with E-state index in [1.807, 2.05) is 54.6 Å². The van der Waals surface area contributed by atoms with Crippen molar-refractivity contribution in [3.8, 4) is 11.1 Å². The first-order valence-electron chi connectivity index (χ1n) is 7.80. The number of sulfonamides is 1. The summed E-state index contributed by atoms with van der Waals surface area (Å²) in [5.41, 5.74) is 10.2. The van der Waals surface area contributed by atoms with Gasteiger partial charge in [0.2, 0.25) is 10.0 Å². The minimum Gasteiger partial charge on any atom is -0.398 e. The molecule has 3 aromatic rings. The molecule has 0 atom stereocenters. The third kappa shape index (κ3) is 4.14. The molecule has 4 N–H and O–H groups in total. The molecule has 0 aliphatic heterocycles. The number of primary sulfonamides is 1. The minimum atomic E-state index is -3.72. The highest BCUT2D eigenvalue weighted by atomic mass is 35.5. The van der Waals surface area contributed by atoms with Gasteiger partial charge in [-0.25, -0.2) is 13.6 Å². The fourth-order valence-corrected chi connectivity index (χ4v) is 3.26. The summed E-state index contributed by atoms with van der Waals surface area (Å²) < 4.78 is 22.8.